The molecule has 1 heterocycles. The molecule has 3 rings (SSSR count). The Morgan fingerprint density at radius 3 is 2.32 bits per heavy atom. The maximum atomic E-state index is 13.0. The molecule has 1 aliphatic heterocycles. The van der Waals surface area contributed by atoms with E-state index in [0.29, 0.717) is 11.3 Å². The van der Waals surface area contributed by atoms with Crippen LogP contribution in [0.1, 0.15) is 29.7 Å². The van der Waals surface area contributed by atoms with Gasteiger partial charge in [-0.15, -0.1) is 0 Å². The lowest BCUT2D eigenvalue weighted by Crippen LogP contribution is -2.36. The number of hydrogen-bond acceptors (Lipinski definition) is 4. The second-order valence-electron chi connectivity index (χ2n) is 5.97. The first-order valence-electron chi connectivity index (χ1n) is 7.83. The van der Waals surface area contributed by atoms with Gasteiger partial charge >= 0.3 is 0 Å². The number of allylic oxidation sites excluding steroid dienone is 1. The molecule has 1 aliphatic rings. The molecule has 1 atom stereocenters. The molecule has 0 saturated heterocycles. The molecule has 25 heavy (non-hydrogen) atoms. The van der Waals surface area contributed by atoms with Gasteiger partial charge in [-0.3, -0.25) is 4.31 Å². The number of benzene rings is 2. The normalized spacial score (nSPS) is 17.4. The lowest BCUT2D eigenvalue weighted by molar-refractivity contribution is 0.101. The van der Waals surface area contributed by atoms with Crippen LogP contribution in [-0.4, -0.2) is 19.3 Å². The minimum absolute atomic E-state index is 0.185. The van der Waals surface area contributed by atoms with Crippen molar-refractivity contribution < 1.29 is 13.2 Å². The van der Waals surface area contributed by atoms with Crippen LogP contribution in [0.3, 0.4) is 0 Å². The predicted molar refractivity (Wildman–Crippen MR) is 93.8 cm³/mol. The van der Waals surface area contributed by atoms with Gasteiger partial charge in [0.2, 0.25) is 0 Å². The Balaban J connectivity index is 1.91. The Kier molecular flexibility index (Phi) is 4.51. The summed E-state index contributed by atoms with van der Waals surface area (Å²) in [7, 11) is -3.65. The van der Waals surface area contributed by atoms with E-state index < -0.39 is 16.1 Å². The maximum absolute atomic E-state index is 13.0. The first-order valence-corrected chi connectivity index (χ1v) is 9.27. The predicted octanol–water partition coefficient (Wildman–Crippen LogP) is 3.49. The maximum Gasteiger partial charge on any atom is 0.264 e. The molecule has 0 N–H and O–H groups in total. The van der Waals surface area contributed by atoms with Crippen molar-refractivity contribution in [1.29, 1.82) is 5.26 Å². The SMILES string of the molecule is CC1=COC(c2ccc(C#N)cc2)CN1S(=O)(=O)c1ccc(C)cc1. The van der Waals surface area contributed by atoms with Crippen LogP contribution < -0.4 is 0 Å². The van der Waals surface area contributed by atoms with Crippen LogP contribution in [0, 0.1) is 18.3 Å². The van der Waals surface area contributed by atoms with E-state index in [2.05, 4.69) is 6.07 Å². The third-order valence-corrected chi connectivity index (χ3v) is 6.03. The van der Waals surface area contributed by atoms with Crippen molar-refractivity contribution >= 4 is 10.0 Å². The second-order valence-corrected chi connectivity index (χ2v) is 7.83. The van der Waals surface area contributed by atoms with Crippen LogP contribution in [0.15, 0.2) is 65.4 Å². The minimum atomic E-state index is -3.65. The zero-order valence-electron chi connectivity index (χ0n) is 14.0. The highest BCUT2D eigenvalue weighted by Crippen LogP contribution is 2.30. The van der Waals surface area contributed by atoms with E-state index in [-0.39, 0.29) is 11.4 Å². The Morgan fingerprint density at radius 2 is 1.72 bits per heavy atom. The molecule has 0 aromatic heterocycles. The lowest BCUT2D eigenvalue weighted by atomic mass is 10.1. The highest BCUT2D eigenvalue weighted by molar-refractivity contribution is 7.89. The number of ether oxygens (including phenoxy) is 1. The van der Waals surface area contributed by atoms with Gasteiger partial charge in [0.05, 0.1) is 28.8 Å². The van der Waals surface area contributed by atoms with Gasteiger partial charge in [0.15, 0.2) is 0 Å². The summed E-state index contributed by atoms with van der Waals surface area (Å²) in [6, 6.07) is 15.8. The fourth-order valence-corrected chi connectivity index (χ4v) is 4.15. The monoisotopic (exact) mass is 354 g/mol. The highest BCUT2D eigenvalue weighted by atomic mass is 32.2. The Labute approximate surface area is 147 Å². The van der Waals surface area contributed by atoms with E-state index in [1.807, 2.05) is 6.92 Å². The molecule has 0 spiro atoms. The van der Waals surface area contributed by atoms with Crippen molar-refractivity contribution in [1.82, 2.24) is 4.31 Å². The van der Waals surface area contributed by atoms with E-state index in [4.69, 9.17) is 10.00 Å². The average molecular weight is 354 g/mol. The minimum Gasteiger partial charge on any atom is -0.490 e. The second kappa shape index (κ2) is 6.61. The summed E-state index contributed by atoms with van der Waals surface area (Å²) in [6.07, 6.45) is 1.05. The van der Waals surface area contributed by atoms with Gasteiger partial charge in [0.1, 0.15) is 12.4 Å². The molecular weight excluding hydrogens is 336 g/mol. The van der Waals surface area contributed by atoms with Gasteiger partial charge in [0, 0.05) is 0 Å². The zero-order valence-corrected chi connectivity index (χ0v) is 14.8. The molecule has 2 aromatic rings. The summed E-state index contributed by atoms with van der Waals surface area (Å²) in [5, 5.41) is 8.89. The third kappa shape index (κ3) is 3.37. The van der Waals surface area contributed by atoms with Crippen molar-refractivity contribution in [3.63, 3.8) is 0 Å². The number of sulfonamides is 1. The third-order valence-electron chi connectivity index (χ3n) is 4.15. The Bertz CT molecular complexity index is 940. The number of nitriles is 1. The topological polar surface area (TPSA) is 70.4 Å². The van der Waals surface area contributed by atoms with Gasteiger partial charge in [-0.2, -0.15) is 5.26 Å². The number of hydrogen-bond donors (Lipinski definition) is 0. The van der Waals surface area contributed by atoms with Crippen molar-refractivity contribution in [2.45, 2.75) is 24.8 Å². The smallest absolute Gasteiger partial charge is 0.264 e. The van der Waals surface area contributed by atoms with Crippen LogP contribution in [-0.2, 0) is 14.8 Å². The molecule has 0 saturated carbocycles. The van der Waals surface area contributed by atoms with Crippen molar-refractivity contribution in [3.05, 3.63) is 77.2 Å². The summed E-state index contributed by atoms with van der Waals surface area (Å²) in [5.74, 6) is 0. The van der Waals surface area contributed by atoms with Crippen LogP contribution in [0.25, 0.3) is 0 Å². The molecule has 1 unspecified atom stereocenters. The molecule has 0 radical (unpaired) electrons. The molecule has 2 aromatic carbocycles. The molecule has 128 valence electrons. The van der Waals surface area contributed by atoms with Gasteiger partial charge in [-0.05, 0) is 43.7 Å². The fraction of sp³-hybridized carbons (Fsp3) is 0.211. The lowest BCUT2D eigenvalue weighted by Gasteiger charge is -2.33. The largest absolute Gasteiger partial charge is 0.490 e. The number of aryl methyl sites for hydroxylation is 1. The standard InChI is InChI=1S/C19H18N2O3S/c1-14-3-9-18(10-4-14)25(22,23)21-12-19(24-13-15(21)2)17-7-5-16(11-20)6-8-17/h3-10,13,19H,12H2,1-2H3. The quantitative estimate of drug-likeness (QED) is 0.846. The van der Waals surface area contributed by atoms with E-state index in [0.717, 1.165) is 11.1 Å². The highest BCUT2D eigenvalue weighted by Gasteiger charge is 2.31. The molecule has 6 heteroatoms. The van der Waals surface area contributed by atoms with Gasteiger partial charge in [0.25, 0.3) is 10.0 Å². The summed E-state index contributed by atoms with van der Waals surface area (Å²) in [6.45, 7) is 3.81. The van der Waals surface area contributed by atoms with Gasteiger partial charge < -0.3 is 4.74 Å². The average Bonchev–Trinajstić information content (AvgIpc) is 2.62. The van der Waals surface area contributed by atoms with Crippen molar-refractivity contribution in [3.8, 4) is 6.07 Å². The molecule has 0 aliphatic carbocycles. The first kappa shape index (κ1) is 17.1. The molecule has 0 bridgehead atoms. The summed E-state index contributed by atoms with van der Waals surface area (Å²) in [5.41, 5.74) is 2.91. The van der Waals surface area contributed by atoms with Crippen LogP contribution in [0.5, 0.6) is 0 Å². The zero-order chi connectivity index (χ0) is 18.0. The number of rotatable bonds is 3. The van der Waals surface area contributed by atoms with Gasteiger partial charge in [-0.25, -0.2) is 8.42 Å². The Hall–Kier alpha value is -2.78. The first-order chi connectivity index (χ1) is 11.9. The summed E-state index contributed by atoms with van der Waals surface area (Å²) >= 11 is 0. The van der Waals surface area contributed by atoms with Crippen LogP contribution in [0.2, 0.25) is 0 Å². The number of nitrogens with zero attached hydrogens (tertiary/aromatic N) is 2. The van der Waals surface area contributed by atoms with Crippen molar-refractivity contribution in [2.24, 2.45) is 0 Å². The molecule has 0 fully saturated rings. The summed E-state index contributed by atoms with van der Waals surface area (Å²) < 4.78 is 33.0. The fourth-order valence-electron chi connectivity index (χ4n) is 2.66. The van der Waals surface area contributed by atoms with E-state index in [1.165, 1.54) is 10.6 Å². The molecule has 5 nitrogen and oxygen atoms in total. The van der Waals surface area contributed by atoms with Gasteiger partial charge in [-0.1, -0.05) is 29.8 Å². The van der Waals surface area contributed by atoms with Crippen molar-refractivity contribution in [2.75, 3.05) is 6.54 Å². The van der Waals surface area contributed by atoms with E-state index in [1.54, 1.807) is 55.5 Å². The van der Waals surface area contributed by atoms with E-state index >= 15 is 0 Å². The van der Waals surface area contributed by atoms with Crippen LogP contribution in [0.4, 0.5) is 0 Å². The summed E-state index contributed by atoms with van der Waals surface area (Å²) in [4.78, 5) is 0.256. The van der Waals surface area contributed by atoms with Crippen LogP contribution >= 0.6 is 0 Å². The Morgan fingerprint density at radius 1 is 1.08 bits per heavy atom. The molecule has 0 amide bonds. The molecular formula is C19H18N2O3S. The van der Waals surface area contributed by atoms with E-state index in [9.17, 15) is 8.42 Å².